The molecule has 92 valence electrons. The van der Waals surface area contributed by atoms with E-state index in [9.17, 15) is 0 Å². The van der Waals surface area contributed by atoms with Crippen molar-refractivity contribution in [2.45, 2.75) is 64.5 Å². The van der Waals surface area contributed by atoms with Crippen LogP contribution in [0.3, 0.4) is 0 Å². The molecule has 1 unspecified atom stereocenters. The van der Waals surface area contributed by atoms with Gasteiger partial charge in [0.05, 0.1) is 6.26 Å². The number of allylic oxidation sites excluding steroid dienone is 1. The molecule has 1 N–H and O–H groups in total. The predicted octanol–water partition coefficient (Wildman–Crippen LogP) is 3.24. The highest BCUT2D eigenvalue weighted by molar-refractivity contribution is 4.86. The van der Waals surface area contributed by atoms with E-state index < -0.39 is 0 Å². The molecular formula is C14H25NO. The van der Waals surface area contributed by atoms with Crippen molar-refractivity contribution in [1.29, 1.82) is 0 Å². The molecule has 0 aromatic carbocycles. The van der Waals surface area contributed by atoms with Gasteiger partial charge in [-0.3, -0.25) is 0 Å². The van der Waals surface area contributed by atoms with Crippen LogP contribution in [0.5, 0.6) is 0 Å². The van der Waals surface area contributed by atoms with Crippen molar-refractivity contribution in [3.63, 3.8) is 0 Å². The molecule has 1 aliphatic heterocycles. The monoisotopic (exact) mass is 223 g/mol. The zero-order chi connectivity index (χ0) is 11.4. The van der Waals surface area contributed by atoms with Crippen LogP contribution in [0.4, 0.5) is 0 Å². The molecule has 1 aliphatic carbocycles. The standard InChI is InChI=1S/C14H25NO/c1-14(2)8-6-12(7-9-14)15-11-13-5-3-4-10-16-13/h4,10,12-13,15H,3,5-9,11H2,1-2H3. The zero-order valence-electron chi connectivity index (χ0n) is 10.7. The van der Waals surface area contributed by atoms with Crippen LogP contribution in [0, 0.1) is 5.41 Å². The Morgan fingerprint density at radius 1 is 1.25 bits per heavy atom. The highest BCUT2D eigenvalue weighted by Crippen LogP contribution is 2.34. The van der Waals surface area contributed by atoms with E-state index in [4.69, 9.17) is 4.74 Å². The first kappa shape index (κ1) is 12.0. The summed E-state index contributed by atoms with van der Waals surface area (Å²) < 4.78 is 5.57. The molecule has 1 fully saturated rings. The highest BCUT2D eigenvalue weighted by Gasteiger charge is 2.26. The molecule has 16 heavy (non-hydrogen) atoms. The van der Waals surface area contributed by atoms with E-state index >= 15 is 0 Å². The van der Waals surface area contributed by atoms with E-state index in [0.29, 0.717) is 11.5 Å². The minimum absolute atomic E-state index is 0.403. The molecule has 0 amide bonds. The van der Waals surface area contributed by atoms with Crippen molar-refractivity contribution >= 4 is 0 Å². The van der Waals surface area contributed by atoms with Crippen LogP contribution >= 0.6 is 0 Å². The lowest BCUT2D eigenvalue weighted by Gasteiger charge is -2.35. The highest BCUT2D eigenvalue weighted by atomic mass is 16.5. The molecule has 0 spiro atoms. The molecule has 2 rings (SSSR count). The first-order chi connectivity index (χ1) is 7.66. The first-order valence-corrected chi connectivity index (χ1v) is 6.70. The number of ether oxygens (including phenoxy) is 1. The summed E-state index contributed by atoms with van der Waals surface area (Å²) in [6, 6.07) is 0.725. The lowest BCUT2D eigenvalue weighted by atomic mass is 9.75. The van der Waals surface area contributed by atoms with Gasteiger partial charge >= 0.3 is 0 Å². The fraction of sp³-hybridized carbons (Fsp3) is 0.857. The number of nitrogens with one attached hydrogen (secondary N) is 1. The Hall–Kier alpha value is -0.500. The molecule has 0 aromatic heterocycles. The van der Waals surface area contributed by atoms with Gasteiger partial charge < -0.3 is 10.1 Å². The Balaban J connectivity index is 1.65. The second-order valence-corrected chi connectivity index (χ2v) is 6.05. The van der Waals surface area contributed by atoms with Gasteiger partial charge in [0.25, 0.3) is 0 Å². The molecular weight excluding hydrogens is 198 g/mol. The van der Waals surface area contributed by atoms with Crippen LogP contribution in [-0.4, -0.2) is 18.7 Å². The third-order valence-electron chi connectivity index (χ3n) is 4.00. The van der Waals surface area contributed by atoms with E-state index in [-0.39, 0.29) is 0 Å². The maximum Gasteiger partial charge on any atom is 0.110 e. The number of rotatable bonds is 3. The summed E-state index contributed by atoms with van der Waals surface area (Å²) in [5.74, 6) is 0. The molecule has 2 heteroatoms. The topological polar surface area (TPSA) is 21.3 Å². The molecule has 1 saturated carbocycles. The first-order valence-electron chi connectivity index (χ1n) is 6.70. The zero-order valence-corrected chi connectivity index (χ0v) is 10.7. The molecule has 1 atom stereocenters. The average molecular weight is 223 g/mol. The van der Waals surface area contributed by atoms with Crippen LogP contribution in [0.25, 0.3) is 0 Å². The van der Waals surface area contributed by atoms with E-state index in [1.54, 1.807) is 0 Å². The smallest absolute Gasteiger partial charge is 0.110 e. The molecule has 0 aromatic rings. The van der Waals surface area contributed by atoms with E-state index in [1.807, 2.05) is 6.26 Å². The molecule has 2 nitrogen and oxygen atoms in total. The van der Waals surface area contributed by atoms with Gasteiger partial charge in [-0.2, -0.15) is 0 Å². The SMILES string of the molecule is CC1(C)CCC(NCC2CCC=CO2)CC1. The van der Waals surface area contributed by atoms with Gasteiger partial charge in [0, 0.05) is 12.6 Å². The van der Waals surface area contributed by atoms with Crippen molar-refractivity contribution in [2.24, 2.45) is 5.41 Å². The molecule has 1 heterocycles. The van der Waals surface area contributed by atoms with Crippen LogP contribution in [0.1, 0.15) is 52.4 Å². The average Bonchev–Trinajstić information content (AvgIpc) is 2.29. The molecule has 0 bridgehead atoms. The lowest BCUT2D eigenvalue weighted by molar-refractivity contribution is 0.112. The normalized spacial score (nSPS) is 30.0. The Kier molecular flexibility index (Phi) is 3.91. The Labute approximate surface area is 99.4 Å². The van der Waals surface area contributed by atoms with Crippen molar-refractivity contribution in [3.05, 3.63) is 12.3 Å². The number of hydrogen-bond acceptors (Lipinski definition) is 2. The van der Waals surface area contributed by atoms with Crippen molar-refractivity contribution < 1.29 is 4.74 Å². The van der Waals surface area contributed by atoms with Gasteiger partial charge in [-0.1, -0.05) is 13.8 Å². The maximum atomic E-state index is 5.57. The fourth-order valence-corrected chi connectivity index (χ4v) is 2.64. The second-order valence-electron chi connectivity index (χ2n) is 6.05. The summed E-state index contributed by atoms with van der Waals surface area (Å²) >= 11 is 0. The van der Waals surface area contributed by atoms with Crippen LogP contribution in [-0.2, 0) is 4.74 Å². The third kappa shape index (κ3) is 3.51. The maximum absolute atomic E-state index is 5.57. The van der Waals surface area contributed by atoms with Gasteiger partial charge in [-0.05, 0) is 50.0 Å². The molecule has 2 aliphatic rings. The largest absolute Gasteiger partial charge is 0.497 e. The minimum Gasteiger partial charge on any atom is -0.497 e. The minimum atomic E-state index is 0.403. The summed E-state index contributed by atoms with van der Waals surface area (Å²) in [6.07, 6.45) is 12.1. The van der Waals surface area contributed by atoms with Crippen molar-refractivity contribution in [2.75, 3.05) is 6.54 Å². The third-order valence-corrected chi connectivity index (χ3v) is 4.00. The quantitative estimate of drug-likeness (QED) is 0.793. The van der Waals surface area contributed by atoms with Crippen LogP contribution < -0.4 is 5.32 Å². The Morgan fingerprint density at radius 3 is 2.62 bits per heavy atom. The van der Waals surface area contributed by atoms with Gasteiger partial charge in [0.2, 0.25) is 0 Å². The van der Waals surface area contributed by atoms with E-state index in [0.717, 1.165) is 12.6 Å². The van der Waals surface area contributed by atoms with Crippen molar-refractivity contribution in [3.8, 4) is 0 Å². The number of hydrogen-bond donors (Lipinski definition) is 1. The summed E-state index contributed by atoms with van der Waals surface area (Å²) in [7, 11) is 0. The van der Waals surface area contributed by atoms with Crippen LogP contribution in [0.2, 0.25) is 0 Å². The molecule has 0 radical (unpaired) electrons. The Bertz CT molecular complexity index is 237. The van der Waals surface area contributed by atoms with E-state index in [1.165, 1.54) is 38.5 Å². The fourth-order valence-electron chi connectivity index (χ4n) is 2.64. The van der Waals surface area contributed by atoms with Gasteiger partial charge in [-0.15, -0.1) is 0 Å². The summed E-state index contributed by atoms with van der Waals surface area (Å²) in [5.41, 5.74) is 0.572. The summed E-state index contributed by atoms with van der Waals surface area (Å²) in [4.78, 5) is 0. The van der Waals surface area contributed by atoms with E-state index in [2.05, 4.69) is 25.2 Å². The van der Waals surface area contributed by atoms with Crippen molar-refractivity contribution in [1.82, 2.24) is 5.32 Å². The molecule has 0 saturated heterocycles. The second kappa shape index (κ2) is 5.22. The van der Waals surface area contributed by atoms with Gasteiger partial charge in [-0.25, -0.2) is 0 Å². The van der Waals surface area contributed by atoms with Gasteiger partial charge in [0.1, 0.15) is 6.10 Å². The predicted molar refractivity (Wildman–Crippen MR) is 67.3 cm³/mol. The summed E-state index contributed by atoms with van der Waals surface area (Å²) in [5, 5.41) is 3.67. The Morgan fingerprint density at radius 2 is 2.00 bits per heavy atom. The summed E-state index contributed by atoms with van der Waals surface area (Å²) in [6.45, 7) is 5.80. The van der Waals surface area contributed by atoms with Gasteiger partial charge in [0.15, 0.2) is 0 Å². The lowest BCUT2D eigenvalue weighted by Crippen LogP contribution is -2.40. The van der Waals surface area contributed by atoms with Crippen LogP contribution in [0.15, 0.2) is 12.3 Å².